The summed E-state index contributed by atoms with van der Waals surface area (Å²) in [6.45, 7) is 2.51. The maximum atomic E-state index is 11.1. The number of aryl methyl sites for hydroxylation is 1. The van der Waals surface area contributed by atoms with Gasteiger partial charge in [0.2, 0.25) is 0 Å². The zero-order chi connectivity index (χ0) is 19.6. The van der Waals surface area contributed by atoms with Crippen molar-refractivity contribution in [1.82, 2.24) is 4.98 Å². The Morgan fingerprint density at radius 2 is 1.82 bits per heavy atom. The van der Waals surface area contributed by atoms with Crippen LogP contribution in [0.25, 0.3) is 0 Å². The highest BCUT2D eigenvalue weighted by atomic mass is 16.5. The summed E-state index contributed by atoms with van der Waals surface area (Å²) in [5, 5.41) is 9.15. The van der Waals surface area contributed by atoms with Gasteiger partial charge in [0.1, 0.15) is 12.4 Å². The Labute approximate surface area is 164 Å². The third-order valence-corrected chi connectivity index (χ3v) is 5.72. The minimum atomic E-state index is -0.889. The maximum Gasteiger partial charge on any atom is 0.335 e. The van der Waals surface area contributed by atoms with Gasteiger partial charge < -0.3 is 9.84 Å². The van der Waals surface area contributed by atoms with E-state index in [1.807, 2.05) is 36.4 Å². The number of aromatic nitrogens is 1. The summed E-state index contributed by atoms with van der Waals surface area (Å²) < 4.78 is 5.96. The van der Waals surface area contributed by atoms with Gasteiger partial charge in [-0.15, -0.1) is 0 Å². The van der Waals surface area contributed by atoms with Crippen LogP contribution in [-0.4, -0.2) is 16.1 Å². The molecule has 0 aliphatic heterocycles. The zero-order valence-corrected chi connectivity index (χ0v) is 15.9. The standard InChI is InChI=1S/C24H23NO3/c1-17-15-20(10-11-22(17)28-16-21-5-2-3-14-25-21)24(12-4-13-24)19-8-6-18(7-9-19)23(26)27/h2-3,5-11,14-15H,4,12-13,16H2,1H3,(H,26,27). The fraction of sp³-hybridized carbons (Fsp3) is 0.250. The highest BCUT2D eigenvalue weighted by Crippen LogP contribution is 2.49. The molecule has 0 amide bonds. The molecule has 1 aliphatic carbocycles. The molecule has 1 fully saturated rings. The molecular weight excluding hydrogens is 350 g/mol. The van der Waals surface area contributed by atoms with Crippen LogP contribution in [0.15, 0.2) is 66.9 Å². The average molecular weight is 373 g/mol. The van der Waals surface area contributed by atoms with E-state index in [9.17, 15) is 4.79 Å². The molecule has 4 rings (SSSR count). The van der Waals surface area contributed by atoms with Gasteiger partial charge in [-0.2, -0.15) is 0 Å². The monoisotopic (exact) mass is 373 g/mol. The molecule has 1 aliphatic rings. The summed E-state index contributed by atoms with van der Waals surface area (Å²) in [6.07, 6.45) is 5.10. The van der Waals surface area contributed by atoms with Crippen molar-refractivity contribution in [2.75, 3.05) is 0 Å². The van der Waals surface area contributed by atoms with Crippen molar-refractivity contribution in [2.45, 2.75) is 38.2 Å². The summed E-state index contributed by atoms with van der Waals surface area (Å²) in [4.78, 5) is 15.4. The molecule has 1 saturated carbocycles. The Balaban J connectivity index is 1.57. The van der Waals surface area contributed by atoms with E-state index in [0.717, 1.165) is 29.8 Å². The van der Waals surface area contributed by atoms with Gasteiger partial charge in [-0.3, -0.25) is 4.98 Å². The van der Waals surface area contributed by atoms with Crippen molar-refractivity contribution in [3.05, 3.63) is 94.8 Å². The lowest BCUT2D eigenvalue weighted by Crippen LogP contribution is -2.35. The third-order valence-electron chi connectivity index (χ3n) is 5.72. The Morgan fingerprint density at radius 3 is 2.39 bits per heavy atom. The van der Waals surface area contributed by atoms with E-state index in [4.69, 9.17) is 9.84 Å². The first-order valence-corrected chi connectivity index (χ1v) is 9.56. The number of aromatic carboxylic acids is 1. The number of hydrogen-bond donors (Lipinski definition) is 1. The number of carboxylic acids is 1. The fourth-order valence-corrected chi connectivity index (χ4v) is 3.95. The Bertz CT molecular complexity index is 976. The summed E-state index contributed by atoms with van der Waals surface area (Å²) in [7, 11) is 0. The summed E-state index contributed by atoms with van der Waals surface area (Å²) in [6, 6.07) is 19.5. The minimum absolute atomic E-state index is 0.0265. The number of pyridine rings is 1. The molecule has 1 aromatic heterocycles. The van der Waals surface area contributed by atoms with Gasteiger partial charge in [0.05, 0.1) is 11.3 Å². The Hall–Kier alpha value is -3.14. The first kappa shape index (κ1) is 18.2. The molecule has 0 radical (unpaired) electrons. The molecule has 2 aromatic carbocycles. The topological polar surface area (TPSA) is 59.4 Å². The molecule has 0 unspecified atom stereocenters. The molecule has 4 nitrogen and oxygen atoms in total. The van der Waals surface area contributed by atoms with Crippen LogP contribution in [0.4, 0.5) is 0 Å². The van der Waals surface area contributed by atoms with Crippen molar-refractivity contribution in [3.8, 4) is 5.75 Å². The molecule has 0 spiro atoms. The first-order valence-electron chi connectivity index (χ1n) is 9.56. The minimum Gasteiger partial charge on any atom is -0.487 e. The lowest BCUT2D eigenvalue weighted by molar-refractivity contribution is 0.0697. The van der Waals surface area contributed by atoms with Crippen molar-refractivity contribution in [3.63, 3.8) is 0 Å². The Kier molecular flexibility index (Phi) is 4.86. The van der Waals surface area contributed by atoms with Gasteiger partial charge in [-0.05, 0) is 66.8 Å². The normalized spacial score (nSPS) is 14.9. The van der Waals surface area contributed by atoms with Gasteiger partial charge in [-0.1, -0.05) is 36.8 Å². The summed E-state index contributed by atoms with van der Waals surface area (Å²) >= 11 is 0. The van der Waals surface area contributed by atoms with E-state index >= 15 is 0 Å². The highest BCUT2D eigenvalue weighted by Gasteiger charge is 2.40. The molecule has 1 heterocycles. The molecule has 0 atom stereocenters. The second kappa shape index (κ2) is 7.47. The quantitative estimate of drug-likeness (QED) is 0.650. The van der Waals surface area contributed by atoms with E-state index in [2.05, 4.69) is 24.0 Å². The number of carbonyl (C=O) groups is 1. The highest BCUT2D eigenvalue weighted by molar-refractivity contribution is 5.87. The van der Waals surface area contributed by atoms with E-state index in [1.54, 1.807) is 18.3 Å². The largest absolute Gasteiger partial charge is 0.487 e. The van der Waals surface area contributed by atoms with Crippen LogP contribution in [0.5, 0.6) is 5.75 Å². The van der Waals surface area contributed by atoms with Gasteiger partial charge in [0.25, 0.3) is 0 Å². The van der Waals surface area contributed by atoms with Crippen LogP contribution in [0.3, 0.4) is 0 Å². The van der Waals surface area contributed by atoms with E-state index in [0.29, 0.717) is 12.2 Å². The summed E-state index contributed by atoms with van der Waals surface area (Å²) in [5.41, 5.74) is 4.76. The lowest BCUT2D eigenvalue weighted by atomic mass is 9.60. The van der Waals surface area contributed by atoms with Crippen LogP contribution in [0.1, 0.15) is 52.0 Å². The SMILES string of the molecule is Cc1cc(C2(c3ccc(C(=O)O)cc3)CCC2)ccc1OCc1ccccn1. The number of hydrogen-bond acceptors (Lipinski definition) is 3. The lowest BCUT2D eigenvalue weighted by Gasteiger charge is -2.43. The van der Waals surface area contributed by atoms with Crippen LogP contribution in [-0.2, 0) is 12.0 Å². The second-order valence-corrected chi connectivity index (χ2v) is 7.41. The predicted octanol–water partition coefficient (Wildman–Crippen LogP) is 5.14. The Morgan fingerprint density at radius 1 is 1.07 bits per heavy atom. The van der Waals surface area contributed by atoms with E-state index < -0.39 is 5.97 Å². The number of nitrogens with zero attached hydrogens (tertiary/aromatic N) is 1. The zero-order valence-electron chi connectivity index (χ0n) is 15.9. The number of ether oxygens (including phenoxy) is 1. The molecule has 4 heteroatoms. The average Bonchev–Trinajstić information content (AvgIpc) is 2.68. The fourth-order valence-electron chi connectivity index (χ4n) is 3.95. The van der Waals surface area contributed by atoms with Crippen molar-refractivity contribution in [2.24, 2.45) is 0 Å². The van der Waals surface area contributed by atoms with Crippen molar-refractivity contribution < 1.29 is 14.6 Å². The van der Waals surface area contributed by atoms with Gasteiger partial charge in [0, 0.05) is 11.6 Å². The van der Waals surface area contributed by atoms with Gasteiger partial charge >= 0.3 is 5.97 Å². The number of benzene rings is 2. The molecule has 28 heavy (non-hydrogen) atoms. The van der Waals surface area contributed by atoms with Crippen LogP contribution < -0.4 is 4.74 Å². The first-order chi connectivity index (χ1) is 13.6. The van der Waals surface area contributed by atoms with Gasteiger partial charge in [-0.25, -0.2) is 4.79 Å². The number of rotatable bonds is 6. The molecular formula is C24H23NO3. The molecule has 142 valence electrons. The maximum absolute atomic E-state index is 11.1. The predicted molar refractivity (Wildman–Crippen MR) is 108 cm³/mol. The second-order valence-electron chi connectivity index (χ2n) is 7.41. The van der Waals surface area contributed by atoms with Crippen LogP contribution in [0.2, 0.25) is 0 Å². The van der Waals surface area contributed by atoms with E-state index in [1.165, 1.54) is 17.5 Å². The van der Waals surface area contributed by atoms with E-state index in [-0.39, 0.29) is 5.41 Å². The smallest absolute Gasteiger partial charge is 0.335 e. The molecule has 3 aromatic rings. The molecule has 0 bridgehead atoms. The van der Waals surface area contributed by atoms with Crippen molar-refractivity contribution >= 4 is 5.97 Å². The third kappa shape index (κ3) is 3.38. The molecule has 0 saturated heterocycles. The van der Waals surface area contributed by atoms with Crippen LogP contribution in [0, 0.1) is 6.92 Å². The van der Waals surface area contributed by atoms with Crippen molar-refractivity contribution in [1.29, 1.82) is 0 Å². The number of carboxylic acid groups (broad SMARTS) is 1. The van der Waals surface area contributed by atoms with Gasteiger partial charge in [0.15, 0.2) is 0 Å². The summed E-state index contributed by atoms with van der Waals surface area (Å²) in [5.74, 6) is -0.0236. The van der Waals surface area contributed by atoms with Crippen LogP contribution >= 0.6 is 0 Å². The molecule has 1 N–H and O–H groups in total.